The van der Waals surface area contributed by atoms with Gasteiger partial charge in [-0.3, -0.25) is 13.9 Å². The van der Waals surface area contributed by atoms with Crippen molar-refractivity contribution in [3.05, 3.63) is 63.1 Å². The van der Waals surface area contributed by atoms with Crippen molar-refractivity contribution in [1.82, 2.24) is 10.2 Å². The SMILES string of the molecule is CC[C@@H](C(=O)NCC(C)C)N(Cc1ccc(Cl)c(Cl)c1)C(=O)CCCN(c1cccc(C)c1C)S(C)(=O)=O. The van der Waals surface area contributed by atoms with E-state index >= 15 is 0 Å². The lowest BCUT2D eigenvalue weighted by molar-refractivity contribution is -0.141. The number of rotatable bonds is 13. The number of anilines is 1. The lowest BCUT2D eigenvalue weighted by Gasteiger charge is -2.31. The average molecular weight is 585 g/mol. The first-order chi connectivity index (χ1) is 17.8. The first-order valence-electron chi connectivity index (χ1n) is 12.8. The molecule has 0 fully saturated rings. The Morgan fingerprint density at radius 3 is 2.32 bits per heavy atom. The predicted molar refractivity (Wildman–Crippen MR) is 156 cm³/mol. The van der Waals surface area contributed by atoms with E-state index in [-0.39, 0.29) is 37.2 Å². The molecule has 7 nitrogen and oxygen atoms in total. The van der Waals surface area contributed by atoms with Crippen LogP contribution in [0.15, 0.2) is 36.4 Å². The summed E-state index contributed by atoms with van der Waals surface area (Å²) in [5.41, 5.74) is 3.21. The molecule has 38 heavy (non-hydrogen) atoms. The van der Waals surface area contributed by atoms with E-state index in [0.717, 1.165) is 16.7 Å². The summed E-state index contributed by atoms with van der Waals surface area (Å²) in [4.78, 5) is 28.2. The molecule has 2 rings (SSSR count). The number of hydrogen-bond acceptors (Lipinski definition) is 4. The summed E-state index contributed by atoms with van der Waals surface area (Å²) in [5, 5.41) is 3.71. The van der Waals surface area contributed by atoms with Gasteiger partial charge in [0.2, 0.25) is 21.8 Å². The fraction of sp³-hybridized carbons (Fsp3) is 0.500. The summed E-state index contributed by atoms with van der Waals surface area (Å²) < 4.78 is 26.6. The third-order valence-corrected chi connectivity index (χ3v) is 8.32. The molecule has 2 amide bonds. The third kappa shape index (κ3) is 8.89. The highest BCUT2D eigenvalue weighted by atomic mass is 35.5. The normalized spacial score (nSPS) is 12.3. The van der Waals surface area contributed by atoms with Gasteiger partial charge in [-0.1, -0.05) is 62.2 Å². The molecule has 1 atom stereocenters. The van der Waals surface area contributed by atoms with E-state index in [2.05, 4.69) is 5.32 Å². The van der Waals surface area contributed by atoms with Crippen molar-refractivity contribution in [2.24, 2.45) is 5.92 Å². The van der Waals surface area contributed by atoms with Gasteiger partial charge < -0.3 is 10.2 Å². The zero-order valence-corrected chi connectivity index (χ0v) is 25.4. The van der Waals surface area contributed by atoms with Gasteiger partial charge in [-0.2, -0.15) is 0 Å². The van der Waals surface area contributed by atoms with Gasteiger partial charge in [-0.15, -0.1) is 0 Å². The van der Waals surface area contributed by atoms with Crippen LogP contribution in [0.4, 0.5) is 5.69 Å². The molecule has 2 aromatic carbocycles. The monoisotopic (exact) mass is 583 g/mol. The van der Waals surface area contributed by atoms with Crippen LogP contribution in [0.2, 0.25) is 10.0 Å². The van der Waals surface area contributed by atoms with Crippen molar-refractivity contribution < 1.29 is 18.0 Å². The number of halogens is 2. The molecule has 0 radical (unpaired) electrons. The van der Waals surface area contributed by atoms with Crippen LogP contribution in [0.5, 0.6) is 0 Å². The van der Waals surface area contributed by atoms with E-state index in [4.69, 9.17) is 23.2 Å². The topological polar surface area (TPSA) is 86.8 Å². The van der Waals surface area contributed by atoms with Crippen LogP contribution in [0.3, 0.4) is 0 Å². The Bertz CT molecular complexity index is 1230. The Hall–Kier alpha value is -2.29. The van der Waals surface area contributed by atoms with Gasteiger partial charge in [-0.05, 0) is 67.5 Å². The largest absolute Gasteiger partial charge is 0.354 e. The number of carbonyl (C=O) groups is 2. The van der Waals surface area contributed by atoms with Gasteiger partial charge in [0.1, 0.15) is 6.04 Å². The minimum Gasteiger partial charge on any atom is -0.354 e. The van der Waals surface area contributed by atoms with Crippen LogP contribution < -0.4 is 9.62 Å². The highest BCUT2D eigenvalue weighted by Crippen LogP contribution is 2.26. The van der Waals surface area contributed by atoms with E-state index in [1.807, 2.05) is 46.8 Å². The molecule has 0 aliphatic rings. The van der Waals surface area contributed by atoms with Crippen molar-refractivity contribution >= 4 is 50.7 Å². The summed E-state index contributed by atoms with van der Waals surface area (Å²) in [7, 11) is -3.57. The Balaban J connectivity index is 2.27. The fourth-order valence-electron chi connectivity index (χ4n) is 4.16. The first-order valence-corrected chi connectivity index (χ1v) is 15.4. The predicted octanol–water partition coefficient (Wildman–Crippen LogP) is 5.74. The van der Waals surface area contributed by atoms with Crippen molar-refractivity contribution in [3.63, 3.8) is 0 Å². The number of nitrogens with zero attached hydrogens (tertiary/aromatic N) is 2. The van der Waals surface area contributed by atoms with Crippen molar-refractivity contribution in [2.75, 3.05) is 23.7 Å². The van der Waals surface area contributed by atoms with Gasteiger partial charge in [0.05, 0.1) is 22.0 Å². The number of hydrogen-bond donors (Lipinski definition) is 1. The highest BCUT2D eigenvalue weighted by Gasteiger charge is 2.29. The van der Waals surface area contributed by atoms with Crippen LogP contribution in [0.25, 0.3) is 0 Å². The number of carbonyl (C=O) groups excluding carboxylic acids is 2. The molecular formula is C28H39Cl2N3O4S. The molecule has 0 saturated heterocycles. The summed E-state index contributed by atoms with van der Waals surface area (Å²) >= 11 is 12.3. The molecule has 1 N–H and O–H groups in total. The highest BCUT2D eigenvalue weighted by molar-refractivity contribution is 7.92. The van der Waals surface area contributed by atoms with Crippen molar-refractivity contribution in [2.45, 2.75) is 66.5 Å². The molecule has 0 unspecified atom stereocenters. The lowest BCUT2D eigenvalue weighted by Crippen LogP contribution is -2.49. The average Bonchev–Trinajstić information content (AvgIpc) is 2.83. The molecule has 0 saturated carbocycles. The summed E-state index contributed by atoms with van der Waals surface area (Å²) in [6.07, 6.45) is 1.96. The molecule has 0 heterocycles. The van der Waals surface area contributed by atoms with Crippen LogP contribution >= 0.6 is 23.2 Å². The van der Waals surface area contributed by atoms with E-state index in [0.29, 0.717) is 35.1 Å². The quantitative estimate of drug-likeness (QED) is 0.326. The molecule has 0 aromatic heterocycles. The lowest BCUT2D eigenvalue weighted by atomic mass is 10.1. The van der Waals surface area contributed by atoms with Crippen LogP contribution in [0, 0.1) is 19.8 Å². The molecular weight excluding hydrogens is 545 g/mol. The molecule has 0 bridgehead atoms. The fourth-order valence-corrected chi connectivity index (χ4v) is 5.50. The van der Waals surface area contributed by atoms with Gasteiger partial charge in [0.25, 0.3) is 0 Å². The summed E-state index contributed by atoms with van der Waals surface area (Å²) in [6.45, 7) is 10.5. The van der Waals surface area contributed by atoms with Gasteiger partial charge >= 0.3 is 0 Å². The molecule has 0 spiro atoms. The van der Waals surface area contributed by atoms with Crippen LogP contribution in [0.1, 0.15) is 56.7 Å². The van der Waals surface area contributed by atoms with Gasteiger partial charge in [0.15, 0.2) is 0 Å². The summed E-state index contributed by atoms with van der Waals surface area (Å²) in [5.74, 6) is -0.192. The summed E-state index contributed by atoms with van der Waals surface area (Å²) in [6, 6.07) is 9.97. The standard InChI is InChI=1S/C28H39Cl2N3O4S/c1-7-25(28(35)31-17-19(2)3)32(18-22-13-14-23(29)24(30)16-22)27(34)12-9-15-33(38(6,36)37)26-11-8-10-20(4)21(26)5/h8,10-11,13-14,16,19,25H,7,9,12,15,17-18H2,1-6H3,(H,31,35)/t25-/m0/s1. The Morgan fingerprint density at radius 1 is 1.05 bits per heavy atom. The minimum absolute atomic E-state index is 0.0756. The van der Waals surface area contributed by atoms with Crippen molar-refractivity contribution in [1.29, 1.82) is 0 Å². The number of nitrogens with one attached hydrogen (secondary N) is 1. The smallest absolute Gasteiger partial charge is 0.242 e. The maximum atomic E-state index is 13.6. The van der Waals surface area contributed by atoms with Gasteiger partial charge in [-0.25, -0.2) is 8.42 Å². The van der Waals surface area contributed by atoms with E-state index in [1.165, 1.54) is 10.6 Å². The molecule has 0 aliphatic heterocycles. The number of aryl methyl sites for hydroxylation is 1. The number of amides is 2. The zero-order valence-electron chi connectivity index (χ0n) is 23.1. The van der Waals surface area contributed by atoms with E-state index in [1.54, 1.807) is 29.2 Å². The first kappa shape index (κ1) is 31.9. The number of benzene rings is 2. The minimum atomic E-state index is -3.57. The Morgan fingerprint density at radius 2 is 1.74 bits per heavy atom. The Labute approximate surface area is 237 Å². The maximum Gasteiger partial charge on any atom is 0.242 e. The second-order valence-corrected chi connectivity index (χ2v) is 12.7. The van der Waals surface area contributed by atoms with E-state index in [9.17, 15) is 18.0 Å². The number of sulfonamides is 1. The second kappa shape index (κ2) is 14.2. The molecule has 0 aliphatic carbocycles. The van der Waals surface area contributed by atoms with Crippen LogP contribution in [-0.4, -0.2) is 50.5 Å². The Kier molecular flexibility index (Phi) is 11.9. The second-order valence-electron chi connectivity index (χ2n) is 9.99. The molecule has 210 valence electrons. The molecule has 2 aromatic rings. The third-order valence-electron chi connectivity index (χ3n) is 6.40. The molecule has 10 heteroatoms. The maximum absolute atomic E-state index is 13.6. The zero-order chi connectivity index (χ0) is 28.6. The van der Waals surface area contributed by atoms with Crippen molar-refractivity contribution in [3.8, 4) is 0 Å². The van der Waals surface area contributed by atoms with Crippen LogP contribution in [-0.2, 0) is 26.2 Å². The van der Waals surface area contributed by atoms with Gasteiger partial charge in [0, 0.05) is 26.1 Å². The van der Waals surface area contributed by atoms with E-state index < -0.39 is 16.1 Å².